The highest BCUT2D eigenvalue weighted by molar-refractivity contribution is 5.85. The van der Waals surface area contributed by atoms with Crippen LogP contribution < -0.4 is 0 Å². The Labute approximate surface area is 153 Å². The number of urea groups is 1. The van der Waals surface area contributed by atoms with Crippen LogP contribution in [0.15, 0.2) is 24.3 Å². The second-order valence-corrected chi connectivity index (χ2v) is 6.24. The van der Waals surface area contributed by atoms with Crippen molar-refractivity contribution in [2.45, 2.75) is 38.8 Å². The van der Waals surface area contributed by atoms with Gasteiger partial charge in [-0.05, 0) is 17.5 Å². The van der Waals surface area contributed by atoms with Crippen molar-refractivity contribution in [2.75, 3.05) is 27.3 Å². The number of rotatable bonds is 6. The van der Waals surface area contributed by atoms with Crippen molar-refractivity contribution in [1.29, 1.82) is 0 Å². The van der Waals surface area contributed by atoms with Crippen LogP contribution in [-0.2, 0) is 32.0 Å². The summed E-state index contributed by atoms with van der Waals surface area (Å²) >= 11 is 0. The Morgan fingerprint density at radius 3 is 2.42 bits per heavy atom. The number of hydrogen-bond donors (Lipinski definition) is 0. The molecule has 1 aliphatic rings. The Morgan fingerprint density at radius 2 is 1.81 bits per heavy atom. The van der Waals surface area contributed by atoms with Gasteiger partial charge in [0.1, 0.15) is 6.04 Å². The number of esters is 2. The Hall–Kier alpha value is -2.57. The third kappa shape index (κ3) is 4.53. The lowest BCUT2D eigenvalue weighted by Crippen LogP contribution is -2.54. The zero-order chi connectivity index (χ0) is 19.1. The van der Waals surface area contributed by atoms with Crippen LogP contribution in [0.5, 0.6) is 0 Å². The highest BCUT2D eigenvalue weighted by Crippen LogP contribution is 2.25. The second kappa shape index (κ2) is 9.22. The molecule has 1 atom stereocenters. The molecule has 7 heteroatoms. The van der Waals surface area contributed by atoms with E-state index in [-0.39, 0.29) is 25.0 Å². The first-order valence-corrected chi connectivity index (χ1v) is 8.78. The molecule has 26 heavy (non-hydrogen) atoms. The van der Waals surface area contributed by atoms with Gasteiger partial charge in [-0.3, -0.25) is 4.79 Å². The maximum Gasteiger partial charge on any atom is 0.329 e. The van der Waals surface area contributed by atoms with E-state index in [4.69, 9.17) is 4.74 Å². The lowest BCUT2D eigenvalue weighted by atomic mass is 9.94. The molecule has 0 saturated heterocycles. The summed E-state index contributed by atoms with van der Waals surface area (Å²) < 4.78 is 9.58. The quantitative estimate of drug-likeness (QED) is 0.723. The molecule has 2 amide bonds. The first-order chi connectivity index (χ1) is 12.5. The molecule has 142 valence electrons. The van der Waals surface area contributed by atoms with Crippen LogP contribution in [0.3, 0.4) is 0 Å². The fourth-order valence-electron chi connectivity index (χ4n) is 3.15. The maximum absolute atomic E-state index is 13.1. The van der Waals surface area contributed by atoms with Gasteiger partial charge in [0, 0.05) is 26.1 Å². The van der Waals surface area contributed by atoms with Crippen LogP contribution in [0.4, 0.5) is 4.79 Å². The van der Waals surface area contributed by atoms with Gasteiger partial charge in [0.25, 0.3) is 0 Å². The van der Waals surface area contributed by atoms with Crippen molar-refractivity contribution in [1.82, 2.24) is 9.80 Å². The molecule has 0 spiro atoms. The van der Waals surface area contributed by atoms with Gasteiger partial charge in [0.2, 0.25) is 0 Å². The summed E-state index contributed by atoms with van der Waals surface area (Å²) in [4.78, 5) is 40.0. The van der Waals surface area contributed by atoms with E-state index in [9.17, 15) is 14.4 Å². The number of amides is 2. The molecule has 0 N–H and O–H groups in total. The minimum atomic E-state index is -0.667. The van der Waals surface area contributed by atoms with Gasteiger partial charge < -0.3 is 19.3 Å². The number of hydrogen-bond acceptors (Lipinski definition) is 5. The molecule has 1 aromatic carbocycles. The van der Waals surface area contributed by atoms with Gasteiger partial charge in [0.05, 0.1) is 20.6 Å². The van der Waals surface area contributed by atoms with E-state index in [2.05, 4.69) is 4.74 Å². The third-order valence-corrected chi connectivity index (χ3v) is 4.55. The molecule has 0 aromatic heterocycles. The van der Waals surface area contributed by atoms with Gasteiger partial charge >= 0.3 is 18.0 Å². The van der Waals surface area contributed by atoms with Crippen LogP contribution in [0.1, 0.15) is 30.9 Å². The number of carbonyl (C=O) groups is 3. The van der Waals surface area contributed by atoms with E-state index in [1.165, 1.54) is 14.2 Å². The summed E-state index contributed by atoms with van der Waals surface area (Å²) in [6, 6.07) is 6.84. The van der Waals surface area contributed by atoms with Crippen LogP contribution in [0.2, 0.25) is 0 Å². The molecule has 1 aliphatic heterocycles. The first kappa shape index (κ1) is 19.8. The molecule has 0 bridgehead atoms. The average molecular weight is 362 g/mol. The second-order valence-electron chi connectivity index (χ2n) is 6.24. The molecule has 1 aromatic rings. The van der Waals surface area contributed by atoms with Crippen LogP contribution in [-0.4, -0.2) is 61.1 Å². The number of nitrogens with zero attached hydrogens (tertiary/aromatic N) is 2. The van der Waals surface area contributed by atoms with Crippen LogP contribution in [0.25, 0.3) is 0 Å². The van der Waals surface area contributed by atoms with Crippen molar-refractivity contribution >= 4 is 18.0 Å². The minimum Gasteiger partial charge on any atom is -0.469 e. The van der Waals surface area contributed by atoms with E-state index in [1.807, 2.05) is 31.2 Å². The summed E-state index contributed by atoms with van der Waals surface area (Å²) in [5.41, 5.74) is 2.06. The van der Waals surface area contributed by atoms with E-state index in [0.717, 1.165) is 17.5 Å². The first-order valence-electron chi connectivity index (χ1n) is 8.78. The monoisotopic (exact) mass is 362 g/mol. The normalized spacial score (nSPS) is 15.8. The van der Waals surface area contributed by atoms with Crippen molar-refractivity contribution in [3.05, 3.63) is 35.4 Å². The number of carbonyl (C=O) groups excluding carboxylic acids is 3. The number of benzene rings is 1. The van der Waals surface area contributed by atoms with Crippen LogP contribution in [0, 0.1) is 0 Å². The summed E-state index contributed by atoms with van der Waals surface area (Å²) in [5, 5.41) is 0. The molecular weight excluding hydrogens is 336 g/mol. The van der Waals surface area contributed by atoms with E-state index < -0.39 is 12.0 Å². The van der Waals surface area contributed by atoms with Gasteiger partial charge in [-0.15, -0.1) is 0 Å². The molecule has 0 unspecified atom stereocenters. The average Bonchev–Trinajstić information content (AvgIpc) is 2.68. The van der Waals surface area contributed by atoms with Gasteiger partial charge in [-0.2, -0.15) is 0 Å². The van der Waals surface area contributed by atoms with E-state index in [1.54, 1.807) is 9.80 Å². The fourth-order valence-corrected chi connectivity index (χ4v) is 3.15. The molecule has 0 radical (unpaired) electrons. The van der Waals surface area contributed by atoms with Crippen LogP contribution >= 0.6 is 0 Å². The number of methoxy groups -OCH3 is 2. The van der Waals surface area contributed by atoms with Crippen molar-refractivity contribution in [2.24, 2.45) is 0 Å². The summed E-state index contributed by atoms with van der Waals surface area (Å²) in [6.45, 7) is 3.06. The summed E-state index contributed by atoms with van der Waals surface area (Å²) in [6.07, 6.45) is 1.29. The molecular formula is C19H26N2O5. The Balaban J connectivity index is 2.23. The Bertz CT molecular complexity index is 661. The SMILES string of the molecule is CCCN(CCC(=O)OC)C(=O)N1Cc2ccccc2C[C@H]1C(=O)OC. The maximum atomic E-state index is 13.1. The number of ether oxygens (including phenoxy) is 2. The smallest absolute Gasteiger partial charge is 0.329 e. The molecule has 0 aliphatic carbocycles. The molecule has 7 nitrogen and oxygen atoms in total. The zero-order valence-electron chi connectivity index (χ0n) is 15.6. The largest absolute Gasteiger partial charge is 0.469 e. The van der Waals surface area contributed by atoms with Gasteiger partial charge in [0.15, 0.2) is 0 Å². The fraction of sp³-hybridized carbons (Fsp3) is 0.526. The minimum absolute atomic E-state index is 0.121. The van der Waals surface area contributed by atoms with Crippen molar-refractivity contribution < 1.29 is 23.9 Å². The van der Waals surface area contributed by atoms with E-state index in [0.29, 0.717) is 19.5 Å². The van der Waals surface area contributed by atoms with Crippen molar-refractivity contribution in [3.8, 4) is 0 Å². The van der Waals surface area contributed by atoms with Gasteiger partial charge in [-0.1, -0.05) is 31.2 Å². The predicted molar refractivity (Wildman–Crippen MR) is 95.4 cm³/mol. The van der Waals surface area contributed by atoms with Crippen molar-refractivity contribution in [3.63, 3.8) is 0 Å². The molecule has 2 rings (SSSR count). The molecule has 1 heterocycles. The lowest BCUT2D eigenvalue weighted by molar-refractivity contribution is -0.147. The lowest BCUT2D eigenvalue weighted by Gasteiger charge is -2.38. The third-order valence-electron chi connectivity index (χ3n) is 4.55. The highest BCUT2D eigenvalue weighted by atomic mass is 16.5. The predicted octanol–water partition coefficient (Wildman–Crippen LogP) is 1.98. The summed E-state index contributed by atoms with van der Waals surface area (Å²) in [7, 11) is 2.65. The highest BCUT2D eigenvalue weighted by Gasteiger charge is 2.37. The van der Waals surface area contributed by atoms with Gasteiger partial charge in [-0.25, -0.2) is 9.59 Å². The Kier molecular flexibility index (Phi) is 7.00. The molecule has 0 fully saturated rings. The molecule has 0 saturated carbocycles. The topological polar surface area (TPSA) is 76.2 Å². The Morgan fingerprint density at radius 1 is 1.12 bits per heavy atom. The standard InChI is InChI=1S/C19H26N2O5/c1-4-10-20(11-9-17(22)25-2)19(24)21-13-15-8-6-5-7-14(15)12-16(21)18(23)26-3/h5-8,16H,4,9-13H2,1-3H3/t16-/m0/s1. The summed E-state index contributed by atoms with van der Waals surface area (Å²) in [5.74, 6) is -0.801. The number of fused-ring (bicyclic) bond motifs is 1. The van der Waals surface area contributed by atoms with E-state index >= 15 is 0 Å². The zero-order valence-corrected chi connectivity index (χ0v) is 15.6.